The van der Waals surface area contributed by atoms with E-state index in [1.807, 2.05) is 13.8 Å². The van der Waals surface area contributed by atoms with E-state index in [2.05, 4.69) is 12.2 Å². The lowest BCUT2D eigenvalue weighted by Crippen LogP contribution is -2.24. The van der Waals surface area contributed by atoms with Crippen LogP contribution in [0.25, 0.3) is 0 Å². The van der Waals surface area contributed by atoms with Gasteiger partial charge in [0.15, 0.2) is 0 Å². The lowest BCUT2D eigenvalue weighted by molar-refractivity contribution is -0.121. The molecule has 0 rings (SSSR count). The molecule has 0 spiro atoms. The molecule has 2 nitrogen and oxygen atoms in total. The van der Waals surface area contributed by atoms with Crippen molar-refractivity contribution in [2.75, 3.05) is 6.54 Å². The Morgan fingerprint density at radius 1 is 1.60 bits per heavy atom. The van der Waals surface area contributed by atoms with E-state index in [0.717, 1.165) is 13.0 Å². The van der Waals surface area contributed by atoms with E-state index in [4.69, 9.17) is 0 Å². The molecule has 0 aliphatic heterocycles. The first-order valence-electron chi connectivity index (χ1n) is 3.93. The highest BCUT2D eigenvalue weighted by Crippen LogP contribution is 1.97. The number of hydrogen-bond donors (Lipinski definition) is 1. The normalized spacial score (nSPS) is 10.0. The van der Waals surface area contributed by atoms with Crippen LogP contribution in [0.5, 0.6) is 0 Å². The number of carbonyl (C=O) groups is 1. The lowest BCUT2D eigenvalue weighted by atomic mass is 10.1. The average Bonchev–Trinajstić information content (AvgIpc) is 1.82. The molecule has 62 valence electrons. The standard InChI is InChI=1S/C8H17NO.H2/c1-4-5-9-8(10)6-7(2)3;/h7H,4-6H2,1-3H3,(H,9,10);1H. The minimum absolute atomic E-state index is 0. The van der Waals surface area contributed by atoms with Gasteiger partial charge in [0, 0.05) is 14.4 Å². The molecule has 0 saturated heterocycles. The summed E-state index contributed by atoms with van der Waals surface area (Å²) < 4.78 is 0. The first-order valence-corrected chi connectivity index (χ1v) is 3.93. The van der Waals surface area contributed by atoms with Crippen LogP contribution < -0.4 is 5.32 Å². The van der Waals surface area contributed by atoms with Crippen molar-refractivity contribution >= 4 is 5.91 Å². The Hall–Kier alpha value is -0.530. The fraction of sp³-hybridized carbons (Fsp3) is 0.875. The zero-order valence-electron chi connectivity index (χ0n) is 7.11. The molecule has 0 unspecified atom stereocenters. The first-order chi connectivity index (χ1) is 4.66. The molecule has 0 aromatic rings. The average molecular weight is 145 g/mol. The van der Waals surface area contributed by atoms with Crippen LogP contribution in [0.15, 0.2) is 0 Å². The SMILES string of the molecule is CCCNC(=O)CC(C)C.[HH]. The van der Waals surface area contributed by atoms with E-state index in [1.165, 1.54) is 0 Å². The second-order valence-electron chi connectivity index (χ2n) is 2.95. The number of carbonyl (C=O) groups excluding carboxylic acids is 1. The van der Waals surface area contributed by atoms with Gasteiger partial charge < -0.3 is 5.32 Å². The molecule has 0 saturated carbocycles. The Bertz CT molecular complexity index is 104. The molecule has 0 aromatic carbocycles. The van der Waals surface area contributed by atoms with E-state index in [-0.39, 0.29) is 7.33 Å². The number of amides is 1. The smallest absolute Gasteiger partial charge is 0.220 e. The summed E-state index contributed by atoms with van der Waals surface area (Å²) >= 11 is 0. The maximum atomic E-state index is 10.9. The number of rotatable bonds is 4. The van der Waals surface area contributed by atoms with Crippen molar-refractivity contribution < 1.29 is 6.22 Å². The molecule has 0 bridgehead atoms. The largest absolute Gasteiger partial charge is 0.356 e. The van der Waals surface area contributed by atoms with Gasteiger partial charge in [0.1, 0.15) is 0 Å². The maximum absolute atomic E-state index is 10.9. The van der Waals surface area contributed by atoms with Gasteiger partial charge in [0.05, 0.1) is 0 Å². The van der Waals surface area contributed by atoms with Crippen molar-refractivity contribution in [3.8, 4) is 0 Å². The quantitative estimate of drug-likeness (QED) is 0.642. The summed E-state index contributed by atoms with van der Waals surface area (Å²) in [5.41, 5.74) is 0. The third kappa shape index (κ3) is 5.60. The van der Waals surface area contributed by atoms with Crippen LogP contribution in [-0.2, 0) is 4.79 Å². The molecule has 0 heterocycles. The highest BCUT2D eigenvalue weighted by atomic mass is 16.1. The maximum Gasteiger partial charge on any atom is 0.220 e. The predicted octanol–water partition coefficient (Wildman–Crippen LogP) is 1.80. The molecule has 1 N–H and O–H groups in total. The minimum atomic E-state index is 0. The van der Waals surface area contributed by atoms with Crippen LogP contribution in [0.3, 0.4) is 0 Å². The number of hydrogen-bond acceptors (Lipinski definition) is 1. The van der Waals surface area contributed by atoms with E-state index < -0.39 is 0 Å². The fourth-order valence-electron chi connectivity index (χ4n) is 0.707. The molecule has 0 atom stereocenters. The van der Waals surface area contributed by atoms with Gasteiger partial charge in [0.25, 0.3) is 0 Å². The predicted molar refractivity (Wildman–Crippen MR) is 44.9 cm³/mol. The zero-order valence-corrected chi connectivity index (χ0v) is 7.11. The molecule has 1 amide bonds. The van der Waals surface area contributed by atoms with E-state index in [9.17, 15) is 4.79 Å². The highest BCUT2D eigenvalue weighted by Gasteiger charge is 2.01. The molecular weight excluding hydrogens is 126 g/mol. The highest BCUT2D eigenvalue weighted by molar-refractivity contribution is 5.75. The van der Waals surface area contributed by atoms with E-state index >= 15 is 0 Å². The summed E-state index contributed by atoms with van der Waals surface area (Å²) in [6.45, 7) is 6.96. The molecule has 0 radical (unpaired) electrons. The first kappa shape index (κ1) is 9.47. The molecule has 0 aliphatic carbocycles. The van der Waals surface area contributed by atoms with Crippen LogP contribution in [0.4, 0.5) is 0 Å². The van der Waals surface area contributed by atoms with Crippen LogP contribution in [0, 0.1) is 5.92 Å². The summed E-state index contributed by atoms with van der Waals surface area (Å²) in [5, 5.41) is 2.82. The molecular formula is C8H19NO. The summed E-state index contributed by atoms with van der Waals surface area (Å²) in [7, 11) is 0. The van der Waals surface area contributed by atoms with Crippen molar-refractivity contribution in [3.05, 3.63) is 0 Å². The van der Waals surface area contributed by atoms with Crippen molar-refractivity contribution in [1.29, 1.82) is 0 Å². The third-order valence-electron chi connectivity index (χ3n) is 1.17. The zero-order chi connectivity index (χ0) is 7.98. The summed E-state index contributed by atoms with van der Waals surface area (Å²) in [4.78, 5) is 10.9. The molecule has 2 heteroatoms. The van der Waals surface area contributed by atoms with Crippen LogP contribution in [0.2, 0.25) is 0 Å². The topological polar surface area (TPSA) is 29.1 Å². The number of nitrogens with one attached hydrogen (secondary N) is 1. The van der Waals surface area contributed by atoms with Gasteiger partial charge in [0.2, 0.25) is 5.91 Å². The van der Waals surface area contributed by atoms with Gasteiger partial charge >= 0.3 is 0 Å². The lowest BCUT2D eigenvalue weighted by Gasteiger charge is -2.04. The van der Waals surface area contributed by atoms with Gasteiger partial charge in [-0.05, 0) is 12.3 Å². The van der Waals surface area contributed by atoms with Crippen LogP contribution in [0.1, 0.15) is 35.0 Å². The van der Waals surface area contributed by atoms with Crippen LogP contribution in [-0.4, -0.2) is 12.5 Å². The van der Waals surface area contributed by atoms with Crippen molar-refractivity contribution in [2.45, 2.75) is 33.6 Å². The molecule has 0 aromatic heterocycles. The summed E-state index contributed by atoms with van der Waals surface area (Å²) in [5.74, 6) is 0.647. The molecule has 0 aliphatic rings. The second-order valence-corrected chi connectivity index (χ2v) is 2.95. The van der Waals surface area contributed by atoms with Gasteiger partial charge in [-0.1, -0.05) is 20.8 Å². The molecule has 10 heavy (non-hydrogen) atoms. The fourth-order valence-corrected chi connectivity index (χ4v) is 0.707. The monoisotopic (exact) mass is 145 g/mol. The van der Waals surface area contributed by atoms with Crippen LogP contribution >= 0.6 is 0 Å². The van der Waals surface area contributed by atoms with Crippen molar-refractivity contribution in [2.24, 2.45) is 5.92 Å². The van der Waals surface area contributed by atoms with Crippen molar-refractivity contribution in [1.82, 2.24) is 5.32 Å². The second kappa shape index (κ2) is 5.27. The Balaban J connectivity index is 0. The summed E-state index contributed by atoms with van der Waals surface area (Å²) in [6.07, 6.45) is 1.67. The van der Waals surface area contributed by atoms with E-state index in [1.54, 1.807) is 0 Å². The third-order valence-corrected chi connectivity index (χ3v) is 1.17. The Morgan fingerprint density at radius 2 is 2.20 bits per heavy atom. The Kier molecular flexibility index (Phi) is 4.99. The molecule has 0 fully saturated rings. The minimum Gasteiger partial charge on any atom is -0.356 e. The van der Waals surface area contributed by atoms with E-state index in [0.29, 0.717) is 12.3 Å². The van der Waals surface area contributed by atoms with Crippen molar-refractivity contribution in [3.63, 3.8) is 0 Å². The Morgan fingerprint density at radius 3 is 2.60 bits per heavy atom. The van der Waals surface area contributed by atoms with Gasteiger partial charge in [-0.15, -0.1) is 0 Å². The van der Waals surface area contributed by atoms with Gasteiger partial charge in [-0.25, -0.2) is 0 Å². The Labute approximate surface area is 64.5 Å². The summed E-state index contributed by atoms with van der Waals surface area (Å²) in [6, 6.07) is 0. The van der Waals surface area contributed by atoms with Gasteiger partial charge in [-0.3, -0.25) is 4.79 Å². The van der Waals surface area contributed by atoms with Gasteiger partial charge in [-0.2, -0.15) is 0 Å².